The molecule has 1 saturated carbocycles. The second kappa shape index (κ2) is 5.35. The second-order valence-corrected chi connectivity index (χ2v) is 4.20. The lowest BCUT2D eigenvalue weighted by Gasteiger charge is -2.36. The maximum atomic E-state index is 12.0. The van der Waals surface area contributed by atoms with E-state index in [2.05, 4.69) is 12.2 Å². The normalized spacial score (nSPS) is 18.8. The highest BCUT2D eigenvalue weighted by Gasteiger charge is 2.28. The number of amides is 1. The van der Waals surface area contributed by atoms with Gasteiger partial charge in [-0.1, -0.05) is 6.92 Å². The summed E-state index contributed by atoms with van der Waals surface area (Å²) in [4.78, 5) is 13.9. The van der Waals surface area contributed by atoms with Crippen LogP contribution in [0, 0.1) is 5.92 Å². The third-order valence-corrected chi connectivity index (χ3v) is 3.26. The van der Waals surface area contributed by atoms with Gasteiger partial charge in [-0.25, -0.2) is 0 Å². The number of carbonyl (C=O) groups excluding carboxylic acids is 1. The predicted octanol–water partition coefficient (Wildman–Crippen LogP) is 1.24. The lowest BCUT2D eigenvalue weighted by atomic mass is 9.90. The first-order chi connectivity index (χ1) is 6.70. The first-order valence-electron chi connectivity index (χ1n) is 5.62. The molecule has 0 aromatic rings. The summed E-state index contributed by atoms with van der Waals surface area (Å²) in [5.74, 6) is 0.470. The van der Waals surface area contributed by atoms with E-state index in [9.17, 15) is 4.79 Å². The Morgan fingerprint density at radius 1 is 1.57 bits per heavy atom. The van der Waals surface area contributed by atoms with E-state index < -0.39 is 0 Å². The summed E-state index contributed by atoms with van der Waals surface area (Å²) in [7, 11) is 3.85. The average Bonchev–Trinajstić information content (AvgIpc) is 2.10. The van der Waals surface area contributed by atoms with Gasteiger partial charge in [0, 0.05) is 19.6 Å². The van der Waals surface area contributed by atoms with Crippen LogP contribution >= 0.6 is 0 Å². The molecule has 1 rings (SSSR count). The second-order valence-electron chi connectivity index (χ2n) is 4.20. The van der Waals surface area contributed by atoms with Crippen LogP contribution in [0.4, 0.5) is 0 Å². The summed E-state index contributed by atoms with van der Waals surface area (Å²) >= 11 is 0. The molecule has 0 radical (unpaired) electrons. The Morgan fingerprint density at radius 2 is 2.21 bits per heavy atom. The number of hydrogen-bond acceptors (Lipinski definition) is 2. The molecule has 1 unspecified atom stereocenters. The Bertz CT molecular complexity index is 186. The maximum Gasteiger partial charge on any atom is 0.226 e. The number of rotatable bonds is 5. The lowest BCUT2D eigenvalue weighted by Crippen LogP contribution is -2.45. The Labute approximate surface area is 86.9 Å². The van der Waals surface area contributed by atoms with E-state index in [4.69, 9.17) is 0 Å². The Balaban J connectivity index is 2.43. The quantitative estimate of drug-likeness (QED) is 0.721. The van der Waals surface area contributed by atoms with Crippen molar-refractivity contribution < 1.29 is 4.79 Å². The van der Waals surface area contributed by atoms with Crippen molar-refractivity contribution in [3.05, 3.63) is 0 Å². The van der Waals surface area contributed by atoms with Gasteiger partial charge in [-0.2, -0.15) is 0 Å². The van der Waals surface area contributed by atoms with Crippen molar-refractivity contribution in [2.45, 2.75) is 38.6 Å². The minimum absolute atomic E-state index is 0.158. The fourth-order valence-corrected chi connectivity index (χ4v) is 1.89. The van der Waals surface area contributed by atoms with Crippen LogP contribution in [-0.2, 0) is 4.79 Å². The van der Waals surface area contributed by atoms with E-state index >= 15 is 0 Å². The van der Waals surface area contributed by atoms with E-state index in [0.717, 1.165) is 13.0 Å². The van der Waals surface area contributed by atoms with Crippen molar-refractivity contribution in [2.75, 3.05) is 20.6 Å². The molecule has 3 nitrogen and oxygen atoms in total. The van der Waals surface area contributed by atoms with E-state index in [1.807, 2.05) is 19.0 Å². The van der Waals surface area contributed by atoms with Crippen LogP contribution in [0.1, 0.15) is 32.6 Å². The van der Waals surface area contributed by atoms with E-state index in [-0.39, 0.29) is 5.92 Å². The fraction of sp³-hybridized carbons (Fsp3) is 0.909. The molecular formula is C11H22N2O. The fourth-order valence-electron chi connectivity index (χ4n) is 1.89. The average molecular weight is 198 g/mol. The van der Waals surface area contributed by atoms with E-state index in [0.29, 0.717) is 11.9 Å². The molecular weight excluding hydrogens is 176 g/mol. The van der Waals surface area contributed by atoms with Crippen LogP contribution in [0.3, 0.4) is 0 Å². The minimum atomic E-state index is 0.158. The molecule has 1 aliphatic rings. The molecule has 1 aliphatic carbocycles. The van der Waals surface area contributed by atoms with Gasteiger partial charge in [-0.15, -0.1) is 0 Å². The van der Waals surface area contributed by atoms with Crippen LogP contribution in [-0.4, -0.2) is 37.5 Å². The Kier molecular flexibility index (Phi) is 4.39. The first kappa shape index (κ1) is 11.5. The molecule has 82 valence electrons. The molecule has 1 atom stereocenters. The summed E-state index contributed by atoms with van der Waals surface area (Å²) in [6.07, 6.45) is 4.60. The van der Waals surface area contributed by atoms with Crippen LogP contribution in [0.2, 0.25) is 0 Å². The van der Waals surface area contributed by atoms with Gasteiger partial charge in [0.05, 0.1) is 5.92 Å². The zero-order valence-electron chi connectivity index (χ0n) is 9.55. The summed E-state index contributed by atoms with van der Waals surface area (Å²) in [6, 6.07) is 0.522. The number of carbonyl (C=O) groups is 1. The molecule has 0 spiro atoms. The molecule has 3 heteroatoms. The van der Waals surface area contributed by atoms with Crippen molar-refractivity contribution >= 4 is 5.91 Å². The molecule has 1 fully saturated rings. The van der Waals surface area contributed by atoms with Crippen LogP contribution < -0.4 is 5.32 Å². The number of nitrogens with one attached hydrogen (secondary N) is 1. The van der Waals surface area contributed by atoms with E-state index in [1.165, 1.54) is 19.3 Å². The first-order valence-corrected chi connectivity index (χ1v) is 5.62. The third kappa shape index (κ3) is 2.47. The predicted molar refractivity (Wildman–Crippen MR) is 58.1 cm³/mol. The molecule has 0 aromatic heterocycles. The van der Waals surface area contributed by atoms with Gasteiger partial charge in [0.2, 0.25) is 5.91 Å². The van der Waals surface area contributed by atoms with Gasteiger partial charge in [-0.3, -0.25) is 4.79 Å². The van der Waals surface area contributed by atoms with Gasteiger partial charge in [-0.05, 0) is 32.7 Å². The van der Waals surface area contributed by atoms with Gasteiger partial charge < -0.3 is 10.2 Å². The third-order valence-electron chi connectivity index (χ3n) is 3.26. The standard InChI is InChI=1S/C11H22N2O/c1-4-9(8-12-2)11(14)13(3)10-6-5-7-10/h9-10,12H,4-8H2,1-3H3. The van der Waals surface area contributed by atoms with Crippen molar-refractivity contribution in [3.8, 4) is 0 Å². The highest BCUT2D eigenvalue weighted by molar-refractivity contribution is 5.79. The summed E-state index contributed by atoms with van der Waals surface area (Å²) in [5, 5.41) is 3.08. The minimum Gasteiger partial charge on any atom is -0.342 e. The molecule has 0 heterocycles. The molecule has 0 aromatic carbocycles. The highest BCUT2D eigenvalue weighted by Crippen LogP contribution is 2.25. The smallest absolute Gasteiger partial charge is 0.226 e. The largest absolute Gasteiger partial charge is 0.342 e. The number of hydrogen-bond donors (Lipinski definition) is 1. The molecule has 0 saturated heterocycles. The van der Waals surface area contributed by atoms with Crippen LogP contribution in [0.25, 0.3) is 0 Å². The van der Waals surface area contributed by atoms with Crippen LogP contribution in [0.15, 0.2) is 0 Å². The molecule has 1 N–H and O–H groups in total. The van der Waals surface area contributed by atoms with Gasteiger partial charge >= 0.3 is 0 Å². The van der Waals surface area contributed by atoms with E-state index in [1.54, 1.807) is 0 Å². The molecule has 14 heavy (non-hydrogen) atoms. The topological polar surface area (TPSA) is 32.3 Å². The summed E-state index contributed by atoms with van der Waals surface area (Å²) < 4.78 is 0. The van der Waals surface area contributed by atoms with Crippen molar-refractivity contribution in [2.24, 2.45) is 5.92 Å². The van der Waals surface area contributed by atoms with Crippen molar-refractivity contribution in [1.29, 1.82) is 0 Å². The molecule has 0 aliphatic heterocycles. The van der Waals surface area contributed by atoms with Crippen molar-refractivity contribution in [1.82, 2.24) is 10.2 Å². The van der Waals surface area contributed by atoms with Gasteiger partial charge in [0.15, 0.2) is 0 Å². The van der Waals surface area contributed by atoms with Crippen molar-refractivity contribution in [3.63, 3.8) is 0 Å². The van der Waals surface area contributed by atoms with Crippen LogP contribution in [0.5, 0.6) is 0 Å². The maximum absolute atomic E-state index is 12.0. The number of nitrogens with zero attached hydrogens (tertiary/aromatic N) is 1. The monoisotopic (exact) mass is 198 g/mol. The Hall–Kier alpha value is -0.570. The lowest BCUT2D eigenvalue weighted by molar-refractivity contribution is -0.137. The van der Waals surface area contributed by atoms with Gasteiger partial charge in [0.25, 0.3) is 0 Å². The summed E-state index contributed by atoms with van der Waals surface area (Å²) in [6.45, 7) is 2.88. The van der Waals surface area contributed by atoms with Gasteiger partial charge in [0.1, 0.15) is 0 Å². The SMILES string of the molecule is CCC(CNC)C(=O)N(C)C1CCC1. The Morgan fingerprint density at radius 3 is 2.57 bits per heavy atom. The zero-order valence-corrected chi connectivity index (χ0v) is 9.55. The molecule has 0 bridgehead atoms. The zero-order chi connectivity index (χ0) is 10.6. The summed E-state index contributed by atoms with van der Waals surface area (Å²) in [5.41, 5.74) is 0. The highest BCUT2D eigenvalue weighted by atomic mass is 16.2. The molecule has 1 amide bonds.